The Hall–Kier alpha value is -1.82. The van der Waals surface area contributed by atoms with Crippen molar-refractivity contribution in [1.29, 1.82) is 0 Å². The fourth-order valence-corrected chi connectivity index (χ4v) is 5.19. The van der Waals surface area contributed by atoms with Gasteiger partial charge in [-0.2, -0.15) is 0 Å². The van der Waals surface area contributed by atoms with E-state index in [1.54, 1.807) is 22.3 Å². The molecule has 0 radical (unpaired) electrons. The van der Waals surface area contributed by atoms with E-state index in [1.807, 2.05) is 0 Å². The molecule has 0 aliphatic heterocycles. The predicted octanol–water partition coefficient (Wildman–Crippen LogP) is 7.93. The van der Waals surface area contributed by atoms with Gasteiger partial charge in [0.15, 0.2) is 0 Å². The molecule has 0 fully saturated rings. The third kappa shape index (κ3) is 3.84. The maximum Gasteiger partial charge on any atom is -0.0103 e. The number of hydrogen-bond donors (Lipinski definition) is 0. The number of aryl methyl sites for hydroxylation is 2. The molecule has 2 rings (SSSR count). The van der Waals surface area contributed by atoms with E-state index in [1.165, 1.54) is 33.4 Å². The summed E-state index contributed by atoms with van der Waals surface area (Å²) in [4.78, 5) is 0. The van der Waals surface area contributed by atoms with Crippen LogP contribution in [-0.2, 0) is 44.9 Å². The molecule has 0 saturated heterocycles. The van der Waals surface area contributed by atoms with E-state index in [4.69, 9.17) is 0 Å². The Morgan fingerprint density at radius 1 is 0.536 bits per heavy atom. The molecule has 0 unspecified atom stereocenters. The Balaban J connectivity index is 3.00. The van der Waals surface area contributed by atoms with Gasteiger partial charge in [0.1, 0.15) is 0 Å². The summed E-state index contributed by atoms with van der Waals surface area (Å²) in [5, 5.41) is 0. The van der Waals surface area contributed by atoms with Crippen molar-refractivity contribution in [3.8, 4) is 11.1 Å². The van der Waals surface area contributed by atoms with Crippen LogP contribution in [-0.4, -0.2) is 0 Å². The molecule has 0 bridgehead atoms. The van der Waals surface area contributed by atoms with Crippen LogP contribution in [0.25, 0.3) is 17.2 Å². The van der Waals surface area contributed by atoms with Gasteiger partial charge in [0.2, 0.25) is 0 Å². The van der Waals surface area contributed by atoms with Gasteiger partial charge in [0.05, 0.1) is 0 Å². The van der Waals surface area contributed by atoms with Crippen molar-refractivity contribution >= 4 is 6.08 Å². The fourth-order valence-electron chi connectivity index (χ4n) is 5.19. The molecule has 0 atom stereocenters. The summed E-state index contributed by atoms with van der Waals surface area (Å²) in [6.07, 6.45) is 9.81. The summed E-state index contributed by atoms with van der Waals surface area (Å²) in [6, 6.07) is 4.98. The van der Waals surface area contributed by atoms with E-state index in [2.05, 4.69) is 73.3 Å². The number of rotatable bonds is 9. The minimum absolute atomic E-state index is 1.07. The lowest BCUT2D eigenvalue weighted by molar-refractivity contribution is 0.944. The first kappa shape index (κ1) is 22.5. The Kier molecular flexibility index (Phi) is 8.10. The van der Waals surface area contributed by atoms with E-state index < -0.39 is 0 Å². The van der Waals surface area contributed by atoms with Crippen LogP contribution in [0.15, 0.2) is 18.7 Å². The minimum Gasteiger partial charge on any atom is -0.0984 e. The molecular weight excluding hydrogens is 336 g/mol. The molecule has 2 aromatic rings. The van der Waals surface area contributed by atoms with E-state index in [0.29, 0.717) is 0 Å². The Morgan fingerprint density at radius 3 is 1.36 bits per heavy atom. The van der Waals surface area contributed by atoms with Crippen molar-refractivity contribution < 1.29 is 0 Å². The SMILES string of the molecule is C=Cc1c(-c2cc(CC)c(CC)c(CC)c2CC)cc(CC)c(CC)c1CC. The maximum atomic E-state index is 4.23. The summed E-state index contributed by atoms with van der Waals surface area (Å²) in [5.41, 5.74) is 15.0. The molecule has 2 aromatic carbocycles. The van der Waals surface area contributed by atoms with E-state index in [9.17, 15) is 0 Å². The second-order valence-corrected chi connectivity index (χ2v) is 7.65. The molecule has 0 heteroatoms. The normalized spacial score (nSPS) is 11.1. The highest BCUT2D eigenvalue weighted by molar-refractivity contribution is 5.82. The lowest BCUT2D eigenvalue weighted by Gasteiger charge is -2.24. The molecule has 28 heavy (non-hydrogen) atoms. The zero-order valence-corrected chi connectivity index (χ0v) is 19.4. The summed E-state index contributed by atoms with van der Waals surface area (Å²) >= 11 is 0. The van der Waals surface area contributed by atoms with Crippen LogP contribution in [0.1, 0.15) is 93.0 Å². The van der Waals surface area contributed by atoms with E-state index in [0.717, 1.165) is 44.9 Å². The predicted molar refractivity (Wildman–Crippen MR) is 128 cm³/mol. The summed E-state index contributed by atoms with van der Waals surface area (Å²) in [6.45, 7) is 20.4. The van der Waals surface area contributed by atoms with Gasteiger partial charge in [-0.3, -0.25) is 0 Å². The van der Waals surface area contributed by atoms with Crippen molar-refractivity contribution in [3.63, 3.8) is 0 Å². The van der Waals surface area contributed by atoms with Crippen LogP contribution in [0.4, 0.5) is 0 Å². The van der Waals surface area contributed by atoms with Crippen LogP contribution in [0.2, 0.25) is 0 Å². The molecule has 0 aromatic heterocycles. The Morgan fingerprint density at radius 2 is 0.964 bits per heavy atom. The van der Waals surface area contributed by atoms with Crippen LogP contribution in [0.3, 0.4) is 0 Å². The second-order valence-electron chi connectivity index (χ2n) is 7.65. The lowest BCUT2D eigenvalue weighted by atomic mass is 9.80. The molecule has 0 saturated carbocycles. The first-order chi connectivity index (χ1) is 13.6. The smallest absolute Gasteiger partial charge is 0.0103 e. The van der Waals surface area contributed by atoms with E-state index in [-0.39, 0.29) is 0 Å². The molecule has 0 aliphatic rings. The summed E-state index contributed by atoms with van der Waals surface area (Å²) < 4.78 is 0. The molecule has 0 nitrogen and oxygen atoms in total. The zero-order chi connectivity index (χ0) is 20.8. The summed E-state index contributed by atoms with van der Waals surface area (Å²) in [5.74, 6) is 0. The van der Waals surface area contributed by atoms with E-state index >= 15 is 0 Å². The molecule has 0 N–H and O–H groups in total. The van der Waals surface area contributed by atoms with Gasteiger partial charge in [0, 0.05) is 0 Å². The molecule has 0 amide bonds. The molecular formula is C28H40. The molecule has 152 valence electrons. The standard InChI is InChI=1S/C28H40/c1-9-19-17-27(25(15-7)23(13-5)21(19)11-3)28-18-20(10-2)22(12-4)24(14-6)26(28)16-8/h15,17-18H,7,9-14,16H2,1-6,8H3. The molecule has 0 heterocycles. The van der Waals surface area contributed by atoms with Gasteiger partial charge in [-0.1, -0.05) is 73.3 Å². The first-order valence-electron chi connectivity index (χ1n) is 11.5. The summed E-state index contributed by atoms with van der Waals surface area (Å²) in [7, 11) is 0. The maximum absolute atomic E-state index is 4.23. The van der Waals surface area contributed by atoms with Crippen LogP contribution < -0.4 is 0 Å². The van der Waals surface area contributed by atoms with Gasteiger partial charge < -0.3 is 0 Å². The van der Waals surface area contributed by atoms with Crippen LogP contribution in [0, 0.1) is 0 Å². The zero-order valence-electron chi connectivity index (χ0n) is 19.4. The van der Waals surface area contributed by atoms with Gasteiger partial charge in [-0.15, -0.1) is 0 Å². The topological polar surface area (TPSA) is 0 Å². The minimum atomic E-state index is 1.07. The molecule has 0 spiro atoms. The van der Waals surface area contributed by atoms with Crippen molar-refractivity contribution in [2.45, 2.75) is 93.4 Å². The van der Waals surface area contributed by atoms with Gasteiger partial charge in [0.25, 0.3) is 0 Å². The van der Waals surface area contributed by atoms with Crippen molar-refractivity contribution in [3.05, 3.63) is 63.2 Å². The van der Waals surface area contributed by atoms with Gasteiger partial charge in [-0.05, 0) is 101 Å². The third-order valence-electron chi connectivity index (χ3n) is 6.47. The average Bonchev–Trinajstić information content (AvgIpc) is 2.75. The highest BCUT2D eigenvalue weighted by Gasteiger charge is 2.20. The number of benzene rings is 2. The fraction of sp³-hybridized carbons (Fsp3) is 0.500. The van der Waals surface area contributed by atoms with Crippen LogP contribution >= 0.6 is 0 Å². The second kappa shape index (κ2) is 10.1. The van der Waals surface area contributed by atoms with Crippen molar-refractivity contribution in [1.82, 2.24) is 0 Å². The average molecular weight is 377 g/mol. The third-order valence-corrected chi connectivity index (χ3v) is 6.47. The quantitative estimate of drug-likeness (QED) is 0.417. The van der Waals surface area contributed by atoms with Crippen molar-refractivity contribution in [2.24, 2.45) is 0 Å². The van der Waals surface area contributed by atoms with Crippen molar-refractivity contribution in [2.75, 3.05) is 0 Å². The number of hydrogen-bond acceptors (Lipinski definition) is 0. The molecule has 0 aliphatic carbocycles. The van der Waals surface area contributed by atoms with Gasteiger partial charge >= 0.3 is 0 Å². The highest BCUT2D eigenvalue weighted by Crippen LogP contribution is 2.38. The first-order valence-corrected chi connectivity index (χ1v) is 11.5. The monoisotopic (exact) mass is 376 g/mol. The van der Waals surface area contributed by atoms with Crippen LogP contribution in [0.5, 0.6) is 0 Å². The lowest BCUT2D eigenvalue weighted by Crippen LogP contribution is -2.08. The Labute approximate surface area is 174 Å². The van der Waals surface area contributed by atoms with Gasteiger partial charge in [-0.25, -0.2) is 0 Å². The highest BCUT2D eigenvalue weighted by atomic mass is 14.2. The largest absolute Gasteiger partial charge is 0.0984 e. The Bertz CT molecular complexity index is 836.